The fourth-order valence-electron chi connectivity index (χ4n) is 4.39. The van der Waals surface area contributed by atoms with Gasteiger partial charge in [-0.2, -0.15) is 5.10 Å². The molecule has 4 rings (SSSR count). The van der Waals surface area contributed by atoms with Crippen LogP contribution in [0, 0.1) is 11.6 Å². The first kappa shape index (κ1) is 29.2. The number of primary amides is 1. The van der Waals surface area contributed by atoms with Crippen molar-refractivity contribution in [3.8, 4) is 0 Å². The van der Waals surface area contributed by atoms with Crippen LogP contribution in [-0.2, 0) is 11.3 Å². The Hall–Kier alpha value is -4.74. The van der Waals surface area contributed by atoms with E-state index in [0.717, 1.165) is 17.0 Å². The quantitative estimate of drug-likeness (QED) is 0.206. The molecule has 2 aromatic heterocycles. The van der Waals surface area contributed by atoms with Gasteiger partial charge in [0.25, 0.3) is 5.91 Å². The number of alkyl carbamates (subject to hydrolysis) is 1. The van der Waals surface area contributed by atoms with Gasteiger partial charge in [-0.25, -0.2) is 18.6 Å². The molecule has 0 bridgehead atoms. The summed E-state index contributed by atoms with van der Waals surface area (Å²) in [4.78, 5) is 29.1. The van der Waals surface area contributed by atoms with Crippen molar-refractivity contribution in [2.24, 2.45) is 5.73 Å². The van der Waals surface area contributed by atoms with Gasteiger partial charge in [-0.05, 0) is 58.9 Å². The van der Waals surface area contributed by atoms with E-state index in [0.29, 0.717) is 12.2 Å². The Morgan fingerprint density at radius 2 is 1.80 bits per heavy atom. The van der Waals surface area contributed by atoms with Crippen molar-refractivity contribution in [3.05, 3.63) is 77.5 Å². The van der Waals surface area contributed by atoms with E-state index < -0.39 is 41.3 Å². The number of carbonyl (C=O) groups excluding carboxylic acids is 2. The maximum atomic E-state index is 15.4. The Kier molecular flexibility index (Phi) is 8.41. The second-order valence-electron chi connectivity index (χ2n) is 10.5. The molecule has 2 heterocycles. The van der Waals surface area contributed by atoms with Crippen LogP contribution in [0.2, 0.25) is 0 Å². The molecule has 0 fully saturated rings. The molecule has 0 unspecified atom stereocenters. The molecule has 12 heteroatoms. The second kappa shape index (κ2) is 11.8. The highest BCUT2D eigenvalue weighted by Gasteiger charge is 2.28. The molecule has 216 valence electrons. The van der Waals surface area contributed by atoms with E-state index in [2.05, 4.69) is 26.0 Å². The molecule has 0 spiro atoms. The molecule has 5 N–H and O–H groups in total. The number of aryl methyl sites for hydroxylation is 1. The zero-order chi connectivity index (χ0) is 29.9. The summed E-state index contributed by atoms with van der Waals surface area (Å²) < 4.78 is 37.5. The van der Waals surface area contributed by atoms with Gasteiger partial charge in [0.15, 0.2) is 11.6 Å². The van der Waals surface area contributed by atoms with Gasteiger partial charge in [0.2, 0.25) is 0 Å². The molecule has 0 saturated heterocycles. The largest absolute Gasteiger partial charge is 0.444 e. The minimum Gasteiger partial charge on any atom is -0.444 e. The van der Waals surface area contributed by atoms with Crippen molar-refractivity contribution < 1.29 is 23.1 Å². The highest BCUT2D eigenvalue weighted by atomic mass is 19.1. The van der Waals surface area contributed by atoms with Crippen LogP contribution >= 0.6 is 0 Å². The van der Waals surface area contributed by atoms with Crippen LogP contribution in [0.25, 0.3) is 10.9 Å². The van der Waals surface area contributed by atoms with E-state index in [1.54, 1.807) is 50.7 Å². The number of carbonyl (C=O) groups is 2. The van der Waals surface area contributed by atoms with Gasteiger partial charge in [0, 0.05) is 17.5 Å². The number of nitrogens with zero attached hydrogens (tertiary/aromatic N) is 3. The average molecular weight is 566 g/mol. The number of ether oxygens (including phenoxy) is 1. The number of anilines is 3. The molecule has 2 atom stereocenters. The van der Waals surface area contributed by atoms with Crippen molar-refractivity contribution in [3.63, 3.8) is 0 Å². The summed E-state index contributed by atoms with van der Waals surface area (Å²) in [7, 11) is 0. The number of nitrogens with one attached hydrogen (secondary N) is 3. The molecule has 0 radical (unpaired) electrons. The van der Waals surface area contributed by atoms with E-state index in [1.165, 1.54) is 18.2 Å². The number of pyridine rings is 1. The van der Waals surface area contributed by atoms with Crippen LogP contribution in [0.4, 0.5) is 30.9 Å². The van der Waals surface area contributed by atoms with Crippen LogP contribution in [0.5, 0.6) is 0 Å². The topological polar surface area (TPSA) is 136 Å². The number of hydrogen-bond donors (Lipinski definition) is 4. The van der Waals surface area contributed by atoms with E-state index in [4.69, 9.17) is 10.5 Å². The molecule has 10 nitrogen and oxygen atoms in total. The maximum Gasteiger partial charge on any atom is 0.407 e. The maximum absolute atomic E-state index is 15.4. The van der Waals surface area contributed by atoms with Crippen LogP contribution in [0.15, 0.2) is 54.7 Å². The SMILES string of the molecule is CCn1ncc2c(Nc3nc(N[C@H](c4ccccc4F)[C@H](C)NC(=O)OC(C)(C)C)c(F)cc3C(N)=O)cccc21. The second-order valence-corrected chi connectivity index (χ2v) is 10.5. The number of fused-ring (bicyclic) bond motifs is 1. The van der Waals surface area contributed by atoms with Crippen molar-refractivity contribution in [1.82, 2.24) is 20.1 Å². The van der Waals surface area contributed by atoms with Crippen LogP contribution in [0.1, 0.15) is 56.6 Å². The molecule has 0 saturated carbocycles. The summed E-state index contributed by atoms with van der Waals surface area (Å²) in [6.07, 6.45) is 0.945. The lowest BCUT2D eigenvalue weighted by Crippen LogP contribution is -2.43. The fraction of sp³-hybridized carbons (Fsp3) is 0.310. The van der Waals surface area contributed by atoms with Crippen LogP contribution < -0.4 is 21.7 Å². The number of halogens is 2. The lowest BCUT2D eigenvalue weighted by atomic mass is 9.99. The van der Waals surface area contributed by atoms with Gasteiger partial charge in [-0.3, -0.25) is 9.48 Å². The molecule has 2 amide bonds. The third-order valence-corrected chi connectivity index (χ3v) is 6.26. The summed E-state index contributed by atoms with van der Waals surface area (Å²) in [6.45, 7) is 9.37. The number of aromatic nitrogens is 3. The Labute approximate surface area is 236 Å². The fourth-order valence-corrected chi connectivity index (χ4v) is 4.39. The zero-order valence-electron chi connectivity index (χ0n) is 23.5. The minimum atomic E-state index is -0.982. The van der Waals surface area contributed by atoms with Gasteiger partial charge in [0.1, 0.15) is 17.2 Å². The van der Waals surface area contributed by atoms with Crippen molar-refractivity contribution in [2.75, 3.05) is 10.6 Å². The van der Waals surface area contributed by atoms with Crippen LogP contribution in [-0.4, -0.2) is 38.4 Å². The summed E-state index contributed by atoms with van der Waals surface area (Å²) in [5, 5.41) is 13.8. The minimum absolute atomic E-state index is 0.0156. The number of rotatable bonds is 9. The first-order valence-electron chi connectivity index (χ1n) is 13.1. The van der Waals surface area contributed by atoms with Crippen molar-refractivity contribution in [2.45, 2.75) is 58.8 Å². The van der Waals surface area contributed by atoms with E-state index in [-0.39, 0.29) is 22.8 Å². The zero-order valence-corrected chi connectivity index (χ0v) is 23.5. The predicted molar refractivity (Wildman–Crippen MR) is 153 cm³/mol. The van der Waals surface area contributed by atoms with Crippen molar-refractivity contribution >= 4 is 40.2 Å². The van der Waals surface area contributed by atoms with Gasteiger partial charge in [0.05, 0.1) is 35.0 Å². The summed E-state index contributed by atoms with van der Waals surface area (Å²) >= 11 is 0. The molecule has 2 aromatic carbocycles. The average Bonchev–Trinajstić information content (AvgIpc) is 3.32. The van der Waals surface area contributed by atoms with E-state index in [1.807, 2.05) is 19.1 Å². The first-order valence-corrected chi connectivity index (χ1v) is 13.1. The number of amides is 2. The monoisotopic (exact) mass is 565 g/mol. The number of nitrogens with two attached hydrogens (primary N) is 1. The summed E-state index contributed by atoms with van der Waals surface area (Å²) in [5.41, 5.74) is 6.18. The van der Waals surface area contributed by atoms with Gasteiger partial charge >= 0.3 is 6.09 Å². The molecule has 0 aliphatic carbocycles. The van der Waals surface area contributed by atoms with Gasteiger partial charge < -0.3 is 26.4 Å². The standard InChI is InChI=1S/C29H33F2N7O3/c1-6-38-23-13-9-12-22(19(23)15-33-38)35-26-18(25(32)39)14-21(31)27(37-26)36-24(17-10-7-8-11-20(17)30)16(2)34-28(40)41-29(3,4)5/h7-16,24H,6H2,1-5H3,(H2,32,39)(H,34,40)(H2,35,36,37)/t16-,24-/m0/s1. The molecule has 0 aliphatic heterocycles. The Morgan fingerprint density at radius 1 is 1.07 bits per heavy atom. The normalized spacial score (nSPS) is 13.0. The van der Waals surface area contributed by atoms with E-state index >= 15 is 4.39 Å². The molecular formula is C29H33F2N7O3. The first-order chi connectivity index (χ1) is 19.4. The molecular weight excluding hydrogens is 532 g/mol. The van der Waals surface area contributed by atoms with Gasteiger partial charge in [-0.1, -0.05) is 24.3 Å². The third kappa shape index (κ3) is 6.71. The smallest absolute Gasteiger partial charge is 0.407 e. The highest BCUT2D eigenvalue weighted by Crippen LogP contribution is 2.31. The lowest BCUT2D eigenvalue weighted by molar-refractivity contribution is 0.0503. The molecule has 0 aliphatic rings. The third-order valence-electron chi connectivity index (χ3n) is 6.26. The summed E-state index contributed by atoms with van der Waals surface area (Å²) in [5.74, 6) is -2.67. The lowest BCUT2D eigenvalue weighted by Gasteiger charge is -2.29. The van der Waals surface area contributed by atoms with E-state index in [9.17, 15) is 14.0 Å². The summed E-state index contributed by atoms with van der Waals surface area (Å²) in [6, 6.07) is 10.6. The predicted octanol–water partition coefficient (Wildman–Crippen LogP) is 5.64. The molecule has 41 heavy (non-hydrogen) atoms. The number of hydrogen-bond acceptors (Lipinski definition) is 7. The van der Waals surface area contributed by atoms with Gasteiger partial charge in [-0.15, -0.1) is 0 Å². The van der Waals surface area contributed by atoms with Crippen LogP contribution in [0.3, 0.4) is 0 Å². The Bertz CT molecular complexity index is 1580. The Balaban J connectivity index is 1.73. The van der Waals surface area contributed by atoms with Crippen molar-refractivity contribution in [1.29, 1.82) is 0 Å². The molecule has 4 aromatic rings. The Morgan fingerprint density at radius 3 is 2.46 bits per heavy atom. The number of benzene rings is 2. The highest BCUT2D eigenvalue weighted by molar-refractivity contribution is 6.00.